The van der Waals surface area contributed by atoms with Gasteiger partial charge in [0, 0.05) is 24.2 Å². The van der Waals surface area contributed by atoms with Crippen LogP contribution in [0.15, 0.2) is 66.7 Å². The Hall–Kier alpha value is -2.32. The summed E-state index contributed by atoms with van der Waals surface area (Å²) in [5.74, 6) is 0. The minimum atomic E-state index is 0.940. The molecule has 2 nitrogen and oxygen atoms in total. The zero-order valence-corrected chi connectivity index (χ0v) is 13.2. The quantitative estimate of drug-likeness (QED) is 0.745. The molecule has 0 aliphatic rings. The van der Waals surface area contributed by atoms with Crippen LogP contribution in [0.4, 0.5) is 5.69 Å². The fourth-order valence-corrected chi connectivity index (χ4v) is 2.67. The van der Waals surface area contributed by atoms with E-state index in [1.807, 2.05) is 0 Å². The van der Waals surface area contributed by atoms with Crippen LogP contribution in [-0.2, 0) is 0 Å². The van der Waals surface area contributed by atoms with Gasteiger partial charge in [0.25, 0.3) is 0 Å². The summed E-state index contributed by atoms with van der Waals surface area (Å²) in [4.78, 5) is 2.19. The second kappa shape index (κ2) is 6.63. The number of hydrogen-bond donors (Lipinski definition) is 1. The van der Waals surface area contributed by atoms with Crippen molar-refractivity contribution in [2.24, 2.45) is 0 Å². The largest absolute Gasteiger partial charge is 0.383 e. The highest BCUT2D eigenvalue weighted by molar-refractivity contribution is 5.97. The van der Waals surface area contributed by atoms with Crippen LogP contribution >= 0.6 is 0 Å². The third kappa shape index (κ3) is 3.29. The molecule has 2 heteroatoms. The van der Waals surface area contributed by atoms with Gasteiger partial charge in [-0.05, 0) is 42.7 Å². The average molecular weight is 290 g/mol. The molecule has 1 N–H and O–H groups in total. The van der Waals surface area contributed by atoms with E-state index in [2.05, 4.69) is 91.0 Å². The number of anilines is 1. The van der Waals surface area contributed by atoms with Gasteiger partial charge < -0.3 is 10.2 Å². The third-order valence-electron chi connectivity index (χ3n) is 3.84. The van der Waals surface area contributed by atoms with Crippen molar-refractivity contribution in [3.05, 3.63) is 66.7 Å². The summed E-state index contributed by atoms with van der Waals surface area (Å²) in [5.41, 5.74) is 3.72. The lowest BCUT2D eigenvalue weighted by molar-refractivity contribution is 0.425. The summed E-state index contributed by atoms with van der Waals surface area (Å²) in [7, 11) is 4.19. The molecule has 3 aromatic carbocycles. The first-order valence-electron chi connectivity index (χ1n) is 7.71. The van der Waals surface area contributed by atoms with Gasteiger partial charge in [-0.15, -0.1) is 0 Å². The minimum absolute atomic E-state index is 0.940. The first-order chi connectivity index (χ1) is 10.7. The molecule has 3 aromatic rings. The van der Waals surface area contributed by atoms with E-state index in [0.29, 0.717) is 0 Å². The van der Waals surface area contributed by atoms with Gasteiger partial charge in [-0.2, -0.15) is 0 Å². The SMILES string of the molecule is CN(C)CCNc1cc(-c2ccccc2)cc2ccccc12. The van der Waals surface area contributed by atoms with E-state index < -0.39 is 0 Å². The van der Waals surface area contributed by atoms with Crippen molar-refractivity contribution in [1.82, 2.24) is 4.90 Å². The summed E-state index contributed by atoms with van der Waals surface area (Å²) in [6.07, 6.45) is 0. The highest BCUT2D eigenvalue weighted by Crippen LogP contribution is 2.30. The molecule has 0 radical (unpaired) electrons. The van der Waals surface area contributed by atoms with Crippen LogP contribution in [0.1, 0.15) is 0 Å². The summed E-state index contributed by atoms with van der Waals surface area (Å²) in [6.45, 7) is 1.96. The topological polar surface area (TPSA) is 15.3 Å². The van der Waals surface area contributed by atoms with Crippen molar-refractivity contribution >= 4 is 16.5 Å². The number of nitrogens with one attached hydrogen (secondary N) is 1. The minimum Gasteiger partial charge on any atom is -0.383 e. The van der Waals surface area contributed by atoms with Gasteiger partial charge in [-0.3, -0.25) is 0 Å². The Morgan fingerprint density at radius 1 is 0.818 bits per heavy atom. The molecule has 0 amide bonds. The summed E-state index contributed by atoms with van der Waals surface area (Å²) >= 11 is 0. The van der Waals surface area contributed by atoms with Crippen LogP contribution < -0.4 is 5.32 Å². The maximum atomic E-state index is 3.59. The lowest BCUT2D eigenvalue weighted by Gasteiger charge is -2.15. The van der Waals surface area contributed by atoms with Gasteiger partial charge in [0.2, 0.25) is 0 Å². The van der Waals surface area contributed by atoms with Crippen LogP contribution in [-0.4, -0.2) is 32.1 Å². The zero-order valence-electron chi connectivity index (χ0n) is 13.2. The lowest BCUT2D eigenvalue weighted by Crippen LogP contribution is -2.20. The average Bonchev–Trinajstić information content (AvgIpc) is 2.55. The smallest absolute Gasteiger partial charge is 0.0426 e. The molecule has 0 bridgehead atoms. The van der Waals surface area contributed by atoms with E-state index in [1.54, 1.807) is 0 Å². The Morgan fingerprint density at radius 2 is 1.55 bits per heavy atom. The summed E-state index contributed by atoms with van der Waals surface area (Å²) < 4.78 is 0. The highest BCUT2D eigenvalue weighted by Gasteiger charge is 2.05. The third-order valence-corrected chi connectivity index (χ3v) is 3.84. The Labute approximate surface area is 132 Å². The van der Waals surface area contributed by atoms with Crippen LogP contribution in [0, 0.1) is 0 Å². The Bertz CT molecular complexity index is 748. The van der Waals surface area contributed by atoms with E-state index in [0.717, 1.165) is 13.1 Å². The fraction of sp³-hybridized carbons (Fsp3) is 0.200. The molecule has 0 atom stereocenters. The molecule has 0 saturated carbocycles. The molecule has 3 rings (SSSR count). The van der Waals surface area contributed by atoms with Crippen molar-refractivity contribution in [2.45, 2.75) is 0 Å². The first kappa shape index (κ1) is 14.6. The van der Waals surface area contributed by atoms with Crippen LogP contribution in [0.5, 0.6) is 0 Å². The molecule has 0 fully saturated rings. The van der Waals surface area contributed by atoms with Gasteiger partial charge in [-0.25, -0.2) is 0 Å². The number of hydrogen-bond acceptors (Lipinski definition) is 2. The molecule has 0 aliphatic carbocycles. The van der Waals surface area contributed by atoms with Gasteiger partial charge in [0.05, 0.1) is 0 Å². The molecule has 0 aliphatic heterocycles. The Kier molecular flexibility index (Phi) is 4.40. The normalized spacial score (nSPS) is 11.0. The van der Waals surface area contributed by atoms with Crippen molar-refractivity contribution in [3.8, 4) is 11.1 Å². The van der Waals surface area contributed by atoms with Gasteiger partial charge in [-0.1, -0.05) is 54.6 Å². The maximum absolute atomic E-state index is 3.59. The van der Waals surface area contributed by atoms with Crippen LogP contribution in [0.2, 0.25) is 0 Å². The molecular weight excluding hydrogens is 268 g/mol. The molecule has 112 valence electrons. The zero-order chi connectivity index (χ0) is 15.4. The number of nitrogens with zero attached hydrogens (tertiary/aromatic N) is 1. The molecule has 0 spiro atoms. The Balaban J connectivity index is 2.01. The monoisotopic (exact) mass is 290 g/mol. The molecule has 0 saturated heterocycles. The standard InChI is InChI=1S/C20H22N2/c1-22(2)13-12-21-20-15-18(16-8-4-3-5-9-16)14-17-10-6-7-11-19(17)20/h3-11,14-15,21H,12-13H2,1-2H3. The van der Waals surface area contributed by atoms with Gasteiger partial charge >= 0.3 is 0 Å². The Morgan fingerprint density at radius 3 is 2.32 bits per heavy atom. The molecular formula is C20H22N2. The van der Waals surface area contributed by atoms with E-state index >= 15 is 0 Å². The fourth-order valence-electron chi connectivity index (χ4n) is 2.67. The highest BCUT2D eigenvalue weighted by atomic mass is 15.1. The van der Waals surface area contributed by atoms with Crippen molar-refractivity contribution in [1.29, 1.82) is 0 Å². The molecule has 0 aromatic heterocycles. The molecule has 0 unspecified atom stereocenters. The predicted molar refractivity (Wildman–Crippen MR) is 96.4 cm³/mol. The summed E-state index contributed by atoms with van der Waals surface area (Å²) in [5, 5.41) is 6.14. The van der Waals surface area contributed by atoms with E-state index in [-0.39, 0.29) is 0 Å². The number of benzene rings is 3. The van der Waals surface area contributed by atoms with Crippen molar-refractivity contribution < 1.29 is 0 Å². The number of fused-ring (bicyclic) bond motifs is 1. The predicted octanol–water partition coefficient (Wildman–Crippen LogP) is 4.48. The van der Waals surface area contributed by atoms with Crippen LogP contribution in [0.3, 0.4) is 0 Å². The number of rotatable bonds is 5. The maximum Gasteiger partial charge on any atom is 0.0426 e. The molecule has 0 heterocycles. The van der Waals surface area contributed by atoms with Crippen LogP contribution in [0.25, 0.3) is 21.9 Å². The van der Waals surface area contributed by atoms with Gasteiger partial charge in [0.1, 0.15) is 0 Å². The van der Waals surface area contributed by atoms with Crippen molar-refractivity contribution in [2.75, 3.05) is 32.5 Å². The van der Waals surface area contributed by atoms with Gasteiger partial charge in [0.15, 0.2) is 0 Å². The first-order valence-corrected chi connectivity index (χ1v) is 7.71. The second-order valence-corrected chi connectivity index (χ2v) is 5.84. The van der Waals surface area contributed by atoms with E-state index in [1.165, 1.54) is 27.6 Å². The number of likely N-dealkylation sites (N-methyl/N-ethyl adjacent to an activating group) is 1. The lowest BCUT2D eigenvalue weighted by atomic mass is 9.99. The summed E-state index contributed by atoms with van der Waals surface area (Å²) in [6, 6.07) is 23.6. The van der Waals surface area contributed by atoms with Crippen molar-refractivity contribution in [3.63, 3.8) is 0 Å². The molecule has 22 heavy (non-hydrogen) atoms. The van der Waals surface area contributed by atoms with E-state index in [9.17, 15) is 0 Å². The van der Waals surface area contributed by atoms with E-state index in [4.69, 9.17) is 0 Å². The second-order valence-electron chi connectivity index (χ2n) is 5.84.